The number of likely N-dealkylation sites (tertiary alicyclic amines) is 1. The highest BCUT2D eigenvalue weighted by atomic mass is 16.6. The van der Waals surface area contributed by atoms with Crippen molar-refractivity contribution in [3.63, 3.8) is 0 Å². The number of nitrogens with two attached hydrogens (primary N) is 1. The van der Waals surface area contributed by atoms with Crippen molar-refractivity contribution in [2.45, 2.75) is 39.2 Å². The van der Waals surface area contributed by atoms with Crippen LogP contribution >= 0.6 is 0 Å². The van der Waals surface area contributed by atoms with Gasteiger partial charge in [-0.25, -0.2) is 4.79 Å². The van der Waals surface area contributed by atoms with Crippen LogP contribution in [0, 0.1) is 16.0 Å². The van der Waals surface area contributed by atoms with Gasteiger partial charge in [-0.3, -0.25) is 19.7 Å². The van der Waals surface area contributed by atoms with Crippen LogP contribution < -0.4 is 16.4 Å². The Labute approximate surface area is 180 Å². The second-order valence-corrected chi connectivity index (χ2v) is 8.34. The number of nitro benzene ring substituents is 1. The summed E-state index contributed by atoms with van der Waals surface area (Å²) in [5.41, 5.74) is 4.80. The summed E-state index contributed by atoms with van der Waals surface area (Å²) in [4.78, 5) is 48.8. The maximum absolute atomic E-state index is 12.8. The van der Waals surface area contributed by atoms with Crippen LogP contribution in [0.5, 0.6) is 0 Å². The van der Waals surface area contributed by atoms with Crippen molar-refractivity contribution >= 4 is 29.3 Å². The highest BCUT2D eigenvalue weighted by Gasteiger charge is 2.29. The van der Waals surface area contributed by atoms with Gasteiger partial charge < -0.3 is 26.0 Å². The smallest absolute Gasteiger partial charge is 0.407 e. The van der Waals surface area contributed by atoms with Gasteiger partial charge in [0.15, 0.2) is 0 Å². The minimum atomic E-state index is -0.635. The van der Waals surface area contributed by atoms with E-state index in [-0.39, 0.29) is 48.4 Å². The van der Waals surface area contributed by atoms with Gasteiger partial charge in [0.2, 0.25) is 5.91 Å². The summed E-state index contributed by atoms with van der Waals surface area (Å²) >= 11 is 0. The zero-order valence-corrected chi connectivity index (χ0v) is 18.0. The van der Waals surface area contributed by atoms with E-state index >= 15 is 0 Å². The number of nitro groups is 1. The number of benzene rings is 1. The predicted molar refractivity (Wildman–Crippen MR) is 113 cm³/mol. The number of carbonyl (C=O) groups is 3. The fraction of sp³-hybridized carbons (Fsp3) is 0.550. The van der Waals surface area contributed by atoms with Gasteiger partial charge in [0.05, 0.1) is 10.8 Å². The highest BCUT2D eigenvalue weighted by Crippen LogP contribution is 2.25. The Balaban J connectivity index is 1.87. The lowest BCUT2D eigenvalue weighted by atomic mass is 9.96. The molecule has 0 bridgehead atoms. The maximum atomic E-state index is 12.8. The van der Waals surface area contributed by atoms with E-state index in [1.165, 1.54) is 17.0 Å². The number of nitrogens with one attached hydrogen (secondary N) is 2. The van der Waals surface area contributed by atoms with E-state index in [0.29, 0.717) is 19.4 Å². The van der Waals surface area contributed by atoms with Crippen LogP contribution in [0.1, 0.15) is 44.0 Å². The molecule has 1 fully saturated rings. The van der Waals surface area contributed by atoms with E-state index < -0.39 is 22.5 Å². The molecule has 1 aromatic rings. The van der Waals surface area contributed by atoms with Crippen molar-refractivity contribution in [3.05, 3.63) is 33.9 Å². The third kappa shape index (κ3) is 7.12. The zero-order valence-electron chi connectivity index (χ0n) is 18.0. The van der Waals surface area contributed by atoms with Crippen molar-refractivity contribution in [1.29, 1.82) is 0 Å². The zero-order chi connectivity index (χ0) is 23.2. The summed E-state index contributed by atoms with van der Waals surface area (Å²) in [5.74, 6) is -0.998. The first kappa shape index (κ1) is 23.9. The first-order chi connectivity index (χ1) is 14.5. The van der Waals surface area contributed by atoms with E-state index in [9.17, 15) is 24.5 Å². The van der Waals surface area contributed by atoms with Crippen molar-refractivity contribution in [1.82, 2.24) is 15.5 Å². The Morgan fingerprint density at radius 1 is 1.26 bits per heavy atom. The molecule has 1 aliphatic rings. The molecule has 11 nitrogen and oxygen atoms in total. The lowest BCUT2D eigenvalue weighted by Crippen LogP contribution is -2.46. The topological polar surface area (TPSA) is 157 Å². The number of alkyl carbamates (subject to hydrolysis) is 1. The highest BCUT2D eigenvalue weighted by molar-refractivity contribution is 5.96. The molecule has 1 aromatic carbocycles. The molecule has 1 atom stereocenters. The van der Waals surface area contributed by atoms with Crippen LogP contribution in [0.3, 0.4) is 0 Å². The Morgan fingerprint density at radius 2 is 1.94 bits per heavy atom. The number of carbonyl (C=O) groups excluding carboxylic acids is 3. The van der Waals surface area contributed by atoms with E-state index in [2.05, 4.69) is 10.6 Å². The van der Waals surface area contributed by atoms with Gasteiger partial charge in [0, 0.05) is 37.8 Å². The molecule has 31 heavy (non-hydrogen) atoms. The van der Waals surface area contributed by atoms with Crippen LogP contribution in [0.25, 0.3) is 0 Å². The van der Waals surface area contributed by atoms with Crippen LogP contribution in [-0.2, 0) is 9.53 Å². The molecule has 0 aromatic heterocycles. The van der Waals surface area contributed by atoms with E-state index in [4.69, 9.17) is 10.5 Å². The number of nitrogen functional groups attached to an aromatic ring is 1. The normalized spacial score (nSPS) is 16.4. The molecule has 0 saturated carbocycles. The van der Waals surface area contributed by atoms with Crippen molar-refractivity contribution in [3.8, 4) is 0 Å². The van der Waals surface area contributed by atoms with E-state index in [1.54, 1.807) is 20.8 Å². The van der Waals surface area contributed by atoms with Crippen molar-refractivity contribution < 1.29 is 24.0 Å². The van der Waals surface area contributed by atoms with Crippen LogP contribution in [0.4, 0.5) is 16.2 Å². The Kier molecular flexibility index (Phi) is 7.78. The van der Waals surface area contributed by atoms with Gasteiger partial charge in [-0.15, -0.1) is 0 Å². The molecule has 1 heterocycles. The largest absolute Gasteiger partial charge is 0.444 e. The standard InChI is InChI=1S/C20H29N5O6/c1-20(2,3)31-19(28)23-9-8-22-17(26)14-5-4-10-24(12-14)18(27)13-6-7-15(21)16(11-13)25(29)30/h6-7,11,14H,4-5,8-10,12,21H2,1-3H3,(H,22,26)(H,23,28). The molecular formula is C20H29N5O6. The molecular weight excluding hydrogens is 406 g/mol. The molecule has 4 N–H and O–H groups in total. The minimum absolute atomic E-state index is 0.0163. The van der Waals surface area contributed by atoms with Gasteiger partial charge >= 0.3 is 6.09 Å². The third-order valence-electron chi connectivity index (χ3n) is 4.65. The number of hydrogen-bond donors (Lipinski definition) is 3. The SMILES string of the molecule is CC(C)(C)OC(=O)NCCNC(=O)C1CCCN(C(=O)c2ccc(N)c([N+](=O)[O-])c2)C1. The van der Waals surface area contributed by atoms with Crippen LogP contribution in [0.15, 0.2) is 18.2 Å². The maximum Gasteiger partial charge on any atom is 0.407 e. The molecule has 0 radical (unpaired) electrons. The van der Waals surface area contributed by atoms with Crippen molar-refractivity contribution in [2.24, 2.45) is 5.92 Å². The molecule has 1 aliphatic heterocycles. The van der Waals surface area contributed by atoms with Crippen molar-refractivity contribution in [2.75, 3.05) is 31.9 Å². The number of anilines is 1. The third-order valence-corrected chi connectivity index (χ3v) is 4.65. The molecule has 2 rings (SSSR count). The van der Waals surface area contributed by atoms with E-state index in [1.807, 2.05) is 0 Å². The number of rotatable bonds is 6. The summed E-state index contributed by atoms with van der Waals surface area (Å²) in [6.07, 6.45) is 0.697. The summed E-state index contributed by atoms with van der Waals surface area (Å²) in [6, 6.07) is 3.93. The van der Waals surface area contributed by atoms with Gasteiger partial charge in [0.25, 0.3) is 11.6 Å². The number of amides is 3. The summed E-state index contributed by atoms with van der Waals surface area (Å²) in [7, 11) is 0. The Hall–Kier alpha value is -3.37. The lowest BCUT2D eigenvalue weighted by molar-refractivity contribution is -0.383. The van der Waals surface area contributed by atoms with Gasteiger partial charge in [-0.05, 0) is 45.7 Å². The number of hydrogen-bond acceptors (Lipinski definition) is 7. The monoisotopic (exact) mass is 435 g/mol. The molecule has 1 saturated heterocycles. The average molecular weight is 435 g/mol. The fourth-order valence-corrected chi connectivity index (χ4v) is 3.20. The summed E-state index contributed by atoms with van der Waals surface area (Å²) < 4.78 is 5.12. The summed E-state index contributed by atoms with van der Waals surface area (Å²) in [6.45, 7) is 6.38. The molecule has 0 spiro atoms. The lowest BCUT2D eigenvalue weighted by Gasteiger charge is -2.32. The summed E-state index contributed by atoms with van der Waals surface area (Å²) in [5, 5.41) is 16.4. The molecule has 11 heteroatoms. The second kappa shape index (κ2) is 10.1. The molecule has 3 amide bonds. The average Bonchev–Trinajstić information content (AvgIpc) is 2.69. The van der Waals surface area contributed by atoms with Crippen LogP contribution in [0.2, 0.25) is 0 Å². The Bertz CT molecular complexity index is 851. The number of nitrogens with zero attached hydrogens (tertiary/aromatic N) is 2. The van der Waals surface area contributed by atoms with Crippen LogP contribution in [-0.4, -0.2) is 59.5 Å². The van der Waals surface area contributed by atoms with Gasteiger partial charge in [-0.2, -0.15) is 0 Å². The quantitative estimate of drug-likeness (QED) is 0.265. The molecule has 1 unspecified atom stereocenters. The number of piperidine rings is 1. The first-order valence-corrected chi connectivity index (χ1v) is 10.1. The minimum Gasteiger partial charge on any atom is -0.444 e. The van der Waals surface area contributed by atoms with Gasteiger partial charge in [0.1, 0.15) is 11.3 Å². The number of ether oxygens (including phenoxy) is 1. The first-order valence-electron chi connectivity index (χ1n) is 10.1. The molecule has 170 valence electrons. The Morgan fingerprint density at radius 3 is 2.58 bits per heavy atom. The predicted octanol–water partition coefficient (Wildman–Crippen LogP) is 1.67. The molecule has 0 aliphatic carbocycles. The van der Waals surface area contributed by atoms with E-state index in [0.717, 1.165) is 6.07 Å². The second-order valence-electron chi connectivity index (χ2n) is 8.34. The van der Waals surface area contributed by atoms with Gasteiger partial charge in [-0.1, -0.05) is 0 Å². The fourth-order valence-electron chi connectivity index (χ4n) is 3.20.